The van der Waals surface area contributed by atoms with Crippen LogP contribution in [0.3, 0.4) is 0 Å². The van der Waals surface area contributed by atoms with Crippen LogP contribution in [0, 0.1) is 0 Å². The van der Waals surface area contributed by atoms with E-state index in [0.717, 1.165) is 0 Å². The van der Waals surface area contributed by atoms with Gasteiger partial charge in [0.25, 0.3) is 0 Å². The largest absolute Gasteiger partial charge is 0.396 e. The van der Waals surface area contributed by atoms with Crippen LogP contribution < -0.4 is 5.32 Å². The van der Waals surface area contributed by atoms with Gasteiger partial charge in [0.1, 0.15) is 12.2 Å². The molecule has 6 nitrogen and oxygen atoms in total. The number of rotatable bonds is 3. The van der Waals surface area contributed by atoms with Gasteiger partial charge in [-0.3, -0.25) is 0 Å². The van der Waals surface area contributed by atoms with Crippen molar-refractivity contribution in [2.45, 2.75) is 43.3 Å². The maximum absolute atomic E-state index is 9.67. The minimum atomic E-state index is -1.36. The summed E-state index contributed by atoms with van der Waals surface area (Å²) >= 11 is 0. The third-order valence-corrected chi connectivity index (χ3v) is 2.77. The van der Waals surface area contributed by atoms with Crippen LogP contribution in [-0.2, 0) is 0 Å². The second-order valence-electron chi connectivity index (χ2n) is 3.92. The van der Waals surface area contributed by atoms with E-state index < -0.39 is 30.5 Å². The summed E-state index contributed by atoms with van der Waals surface area (Å²) in [5.74, 6) is 0. The van der Waals surface area contributed by atoms with Crippen LogP contribution in [0.5, 0.6) is 0 Å². The van der Waals surface area contributed by atoms with Crippen molar-refractivity contribution in [2.24, 2.45) is 0 Å². The Labute approximate surface area is 88.2 Å². The van der Waals surface area contributed by atoms with Gasteiger partial charge in [-0.05, 0) is 12.8 Å². The quantitative estimate of drug-likeness (QED) is 0.306. The number of nitrogens with one attached hydrogen (secondary N) is 1. The summed E-state index contributed by atoms with van der Waals surface area (Å²) in [5, 5.41) is 49.4. The van der Waals surface area contributed by atoms with Crippen molar-refractivity contribution in [3.05, 3.63) is 0 Å². The molecule has 0 aromatic rings. The van der Waals surface area contributed by atoms with Crippen LogP contribution in [0.1, 0.15) is 12.8 Å². The first-order chi connectivity index (χ1) is 7.07. The van der Waals surface area contributed by atoms with Crippen molar-refractivity contribution >= 4 is 0 Å². The van der Waals surface area contributed by atoms with E-state index >= 15 is 0 Å². The molecule has 0 unspecified atom stereocenters. The first-order valence-electron chi connectivity index (χ1n) is 5.14. The molecule has 0 aromatic carbocycles. The van der Waals surface area contributed by atoms with Gasteiger partial charge >= 0.3 is 0 Å². The topological polar surface area (TPSA) is 113 Å². The van der Waals surface area contributed by atoms with E-state index in [1.165, 1.54) is 0 Å². The van der Waals surface area contributed by atoms with Gasteiger partial charge in [0.15, 0.2) is 0 Å². The zero-order chi connectivity index (χ0) is 11.4. The minimum absolute atomic E-state index is 0.00605. The summed E-state index contributed by atoms with van der Waals surface area (Å²) in [6, 6.07) is -0.418. The van der Waals surface area contributed by atoms with Crippen molar-refractivity contribution in [3.8, 4) is 0 Å². The molecular formula is C9H19NO5. The highest BCUT2D eigenvalue weighted by molar-refractivity contribution is 4.93. The Morgan fingerprint density at radius 1 is 1.00 bits per heavy atom. The summed E-state index contributed by atoms with van der Waals surface area (Å²) in [6.07, 6.45) is -3.95. The first kappa shape index (κ1) is 12.8. The predicted octanol–water partition coefficient (Wildman–Crippen LogP) is -2.83. The fraction of sp³-hybridized carbons (Fsp3) is 1.00. The Morgan fingerprint density at radius 2 is 1.67 bits per heavy atom. The molecule has 0 radical (unpaired) electrons. The SMILES string of the molecule is OCCC[C@@H]1NC[C@H](O)[C@@H](O)[C@H](O)[C@H]1O. The van der Waals surface area contributed by atoms with E-state index in [0.29, 0.717) is 12.8 Å². The first-order valence-corrected chi connectivity index (χ1v) is 5.14. The van der Waals surface area contributed by atoms with Crippen LogP contribution in [0.25, 0.3) is 0 Å². The third-order valence-electron chi connectivity index (χ3n) is 2.77. The van der Waals surface area contributed by atoms with Gasteiger partial charge in [-0.25, -0.2) is 0 Å². The molecule has 6 heteroatoms. The predicted molar refractivity (Wildman–Crippen MR) is 52.1 cm³/mol. The summed E-state index contributed by atoms with van der Waals surface area (Å²) < 4.78 is 0. The summed E-state index contributed by atoms with van der Waals surface area (Å²) in [5.41, 5.74) is 0. The van der Waals surface area contributed by atoms with E-state index in [1.807, 2.05) is 0 Å². The lowest BCUT2D eigenvalue weighted by molar-refractivity contribution is -0.0961. The lowest BCUT2D eigenvalue weighted by Gasteiger charge is -2.25. The molecule has 90 valence electrons. The molecule has 0 aromatic heterocycles. The Bertz CT molecular complexity index is 191. The highest BCUT2D eigenvalue weighted by Crippen LogP contribution is 2.15. The lowest BCUT2D eigenvalue weighted by Crippen LogP contribution is -2.47. The van der Waals surface area contributed by atoms with E-state index in [4.69, 9.17) is 5.11 Å². The maximum Gasteiger partial charge on any atom is 0.110 e. The molecule has 0 bridgehead atoms. The number of aliphatic hydroxyl groups is 5. The van der Waals surface area contributed by atoms with Crippen molar-refractivity contribution in [3.63, 3.8) is 0 Å². The average molecular weight is 221 g/mol. The van der Waals surface area contributed by atoms with Crippen molar-refractivity contribution in [1.82, 2.24) is 5.32 Å². The van der Waals surface area contributed by atoms with Gasteiger partial charge in [0.05, 0.1) is 12.2 Å². The number of β-amino-alcohol motifs (C(OH)–C–C–N with tert-alkyl or cyclic N) is 1. The molecule has 15 heavy (non-hydrogen) atoms. The molecule has 1 heterocycles. The molecular weight excluding hydrogens is 202 g/mol. The van der Waals surface area contributed by atoms with Gasteiger partial charge in [-0.2, -0.15) is 0 Å². The van der Waals surface area contributed by atoms with Crippen molar-refractivity contribution in [1.29, 1.82) is 0 Å². The fourth-order valence-electron chi connectivity index (χ4n) is 1.77. The molecule has 1 saturated heterocycles. The molecule has 1 aliphatic heterocycles. The smallest absolute Gasteiger partial charge is 0.110 e. The van der Waals surface area contributed by atoms with Crippen LogP contribution in [0.2, 0.25) is 0 Å². The number of hydrogen-bond donors (Lipinski definition) is 6. The van der Waals surface area contributed by atoms with E-state index in [1.54, 1.807) is 0 Å². The molecule has 1 rings (SSSR count). The second-order valence-corrected chi connectivity index (χ2v) is 3.92. The number of aliphatic hydroxyl groups excluding tert-OH is 5. The Kier molecular flexibility index (Phi) is 4.91. The van der Waals surface area contributed by atoms with Gasteiger partial charge in [-0.1, -0.05) is 0 Å². The summed E-state index contributed by atoms with van der Waals surface area (Å²) in [6.45, 7) is 0.123. The molecule has 5 atom stereocenters. The van der Waals surface area contributed by atoms with Crippen molar-refractivity contribution in [2.75, 3.05) is 13.2 Å². The molecule has 1 aliphatic rings. The van der Waals surface area contributed by atoms with Crippen LogP contribution in [-0.4, -0.2) is 69.1 Å². The highest BCUT2D eigenvalue weighted by atomic mass is 16.4. The third kappa shape index (κ3) is 3.10. The minimum Gasteiger partial charge on any atom is -0.396 e. The zero-order valence-corrected chi connectivity index (χ0v) is 8.45. The van der Waals surface area contributed by atoms with Gasteiger partial charge in [0, 0.05) is 19.2 Å². The van der Waals surface area contributed by atoms with Gasteiger partial charge in [0.2, 0.25) is 0 Å². The normalized spacial score (nSPS) is 42.6. The Morgan fingerprint density at radius 3 is 2.27 bits per heavy atom. The fourth-order valence-corrected chi connectivity index (χ4v) is 1.77. The van der Waals surface area contributed by atoms with Gasteiger partial charge < -0.3 is 30.8 Å². The molecule has 6 N–H and O–H groups in total. The van der Waals surface area contributed by atoms with E-state index in [-0.39, 0.29) is 13.2 Å². The van der Waals surface area contributed by atoms with E-state index in [2.05, 4.69) is 5.32 Å². The average Bonchev–Trinajstić information content (AvgIpc) is 2.32. The van der Waals surface area contributed by atoms with Crippen LogP contribution in [0.4, 0.5) is 0 Å². The standard InChI is InChI=1S/C9H19NO5/c11-3-1-2-5-7(13)9(15)8(14)6(12)4-10-5/h5-15H,1-4H2/t5-,6-,7-,8+,9+/m0/s1. The van der Waals surface area contributed by atoms with E-state index in [9.17, 15) is 20.4 Å². The highest BCUT2D eigenvalue weighted by Gasteiger charge is 2.37. The summed E-state index contributed by atoms with van der Waals surface area (Å²) in [7, 11) is 0. The Hall–Kier alpha value is -0.240. The molecule has 0 saturated carbocycles. The Balaban J connectivity index is 2.59. The molecule has 1 fully saturated rings. The molecule has 0 aliphatic carbocycles. The number of hydrogen-bond acceptors (Lipinski definition) is 6. The zero-order valence-electron chi connectivity index (χ0n) is 8.45. The van der Waals surface area contributed by atoms with Crippen molar-refractivity contribution < 1.29 is 25.5 Å². The van der Waals surface area contributed by atoms with Crippen LogP contribution >= 0.6 is 0 Å². The molecule has 0 spiro atoms. The van der Waals surface area contributed by atoms with Gasteiger partial charge in [-0.15, -0.1) is 0 Å². The summed E-state index contributed by atoms with van der Waals surface area (Å²) in [4.78, 5) is 0. The second kappa shape index (κ2) is 5.74. The van der Waals surface area contributed by atoms with Crippen LogP contribution in [0.15, 0.2) is 0 Å². The lowest BCUT2D eigenvalue weighted by atomic mass is 9.98. The molecule has 0 amide bonds. The maximum atomic E-state index is 9.67. The monoisotopic (exact) mass is 221 g/mol.